The highest BCUT2D eigenvalue weighted by Crippen LogP contribution is 2.30. The molecule has 0 fully saturated rings. The van der Waals surface area contributed by atoms with Crippen molar-refractivity contribution in [3.8, 4) is 5.75 Å². The Morgan fingerprint density at radius 3 is 2.67 bits per heavy atom. The predicted molar refractivity (Wildman–Crippen MR) is 84.0 cm³/mol. The van der Waals surface area contributed by atoms with Crippen LogP contribution in [0.3, 0.4) is 0 Å². The van der Waals surface area contributed by atoms with Crippen LogP contribution in [0.1, 0.15) is 36.9 Å². The maximum atomic E-state index is 9.80. The molecule has 0 saturated heterocycles. The number of aryl methyl sites for hydroxylation is 2. The number of rotatable bonds is 5. The van der Waals surface area contributed by atoms with Crippen molar-refractivity contribution < 1.29 is 9.84 Å². The first kappa shape index (κ1) is 16.1. The second kappa shape index (κ2) is 6.69. The van der Waals surface area contributed by atoms with Crippen molar-refractivity contribution in [2.75, 3.05) is 0 Å². The Morgan fingerprint density at radius 1 is 1.38 bits per heavy atom. The summed E-state index contributed by atoms with van der Waals surface area (Å²) >= 11 is 12.2. The van der Waals surface area contributed by atoms with E-state index in [1.54, 1.807) is 29.8 Å². The van der Waals surface area contributed by atoms with Crippen LogP contribution in [0.25, 0.3) is 0 Å². The van der Waals surface area contributed by atoms with Gasteiger partial charge in [0, 0.05) is 17.6 Å². The zero-order chi connectivity index (χ0) is 15.6. The molecule has 1 atom stereocenters. The lowest BCUT2D eigenvalue weighted by molar-refractivity contribution is 0.189. The van der Waals surface area contributed by atoms with Crippen LogP contribution in [0.5, 0.6) is 5.75 Å². The molecular weight excluding hydrogens is 311 g/mol. The molecule has 0 unspecified atom stereocenters. The molecule has 2 rings (SSSR count). The molecule has 21 heavy (non-hydrogen) atoms. The van der Waals surface area contributed by atoms with Crippen molar-refractivity contribution in [3.63, 3.8) is 0 Å². The topological polar surface area (TPSA) is 47.3 Å². The molecule has 1 aromatic carbocycles. The van der Waals surface area contributed by atoms with E-state index in [2.05, 4.69) is 5.10 Å². The largest absolute Gasteiger partial charge is 0.487 e. The maximum Gasteiger partial charge on any atom is 0.131 e. The Hall–Kier alpha value is -1.23. The van der Waals surface area contributed by atoms with E-state index in [0.29, 0.717) is 21.4 Å². The highest BCUT2D eigenvalue weighted by molar-refractivity contribution is 6.32. The number of halogens is 2. The number of hydrogen-bond acceptors (Lipinski definition) is 3. The maximum absolute atomic E-state index is 9.80. The van der Waals surface area contributed by atoms with E-state index in [0.717, 1.165) is 17.8 Å². The summed E-state index contributed by atoms with van der Waals surface area (Å²) in [5, 5.41) is 15.3. The van der Waals surface area contributed by atoms with Crippen molar-refractivity contribution in [2.24, 2.45) is 7.05 Å². The molecule has 0 aliphatic heterocycles. The number of benzene rings is 1. The monoisotopic (exact) mass is 328 g/mol. The first-order chi connectivity index (χ1) is 9.93. The van der Waals surface area contributed by atoms with Gasteiger partial charge in [0.25, 0.3) is 0 Å². The zero-order valence-electron chi connectivity index (χ0n) is 12.2. The molecule has 0 aliphatic rings. The lowest BCUT2D eigenvalue weighted by Crippen LogP contribution is -2.05. The van der Waals surface area contributed by atoms with Gasteiger partial charge in [-0.2, -0.15) is 5.10 Å². The second-order valence-electron chi connectivity index (χ2n) is 4.83. The smallest absolute Gasteiger partial charge is 0.131 e. The van der Waals surface area contributed by atoms with Gasteiger partial charge in [-0.1, -0.05) is 30.1 Å². The summed E-state index contributed by atoms with van der Waals surface area (Å²) in [6, 6.07) is 5.17. The predicted octanol–water partition coefficient (Wildman–Crippen LogP) is 3.92. The third kappa shape index (κ3) is 3.51. The van der Waals surface area contributed by atoms with Gasteiger partial charge in [0.15, 0.2) is 0 Å². The first-order valence-electron chi connectivity index (χ1n) is 6.74. The molecule has 0 bridgehead atoms. The standard InChI is InChI=1S/C15H18Cl2N2O2/c1-4-12-15(17)13(19(3)18-12)8-21-14-6-5-10(16)7-11(14)9(2)20/h5-7,9,20H,4,8H2,1-3H3/t9-/m0/s1. The third-order valence-electron chi connectivity index (χ3n) is 3.29. The van der Waals surface area contributed by atoms with E-state index < -0.39 is 6.10 Å². The van der Waals surface area contributed by atoms with Crippen LogP contribution < -0.4 is 4.74 Å². The van der Waals surface area contributed by atoms with Crippen molar-refractivity contribution in [3.05, 3.63) is 45.2 Å². The summed E-state index contributed by atoms with van der Waals surface area (Å²) in [6.45, 7) is 3.96. The number of aliphatic hydroxyl groups excluding tert-OH is 1. The minimum absolute atomic E-state index is 0.281. The molecule has 0 amide bonds. The molecule has 114 valence electrons. The molecule has 0 spiro atoms. The average molecular weight is 329 g/mol. The average Bonchev–Trinajstić information content (AvgIpc) is 2.72. The van der Waals surface area contributed by atoms with E-state index in [1.807, 2.05) is 14.0 Å². The molecule has 6 heteroatoms. The molecule has 1 N–H and O–H groups in total. The molecular formula is C15H18Cl2N2O2. The minimum atomic E-state index is -0.660. The lowest BCUT2D eigenvalue weighted by atomic mass is 10.1. The van der Waals surface area contributed by atoms with Gasteiger partial charge < -0.3 is 9.84 Å². The quantitative estimate of drug-likeness (QED) is 0.904. The highest BCUT2D eigenvalue weighted by Gasteiger charge is 2.15. The fraction of sp³-hybridized carbons (Fsp3) is 0.400. The Balaban J connectivity index is 2.23. The summed E-state index contributed by atoms with van der Waals surface area (Å²) in [6.07, 6.45) is 0.110. The van der Waals surface area contributed by atoms with Gasteiger partial charge in [0.1, 0.15) is 12.4 Å². The highest BCUT2D eigenvalue weighted by atomic mass is 35.5. The van der Waals surface area contributed by atoms with Crippen LogP contribution in [-0.2, 0) is 20.1 Å². The summed E-state index contributed by atoms with van der Waals surface area (Å²) < 4.78 is 7.52. The van der Waals surface area contributed by atoms with Crippen molar-refractivity contribution in [1.82, 2.24) is 9.78 Å². The van der Waals surface area contributed by atoms with Gasteiger partial charge in [-0.05, 0) is 31.5 Å². The molecule has 4 nitrogen and oxygen atoms in total. The van der Waals surface area contributed by atoms with Crippen LogP contribution in [0, 0.1) is 0 Å². The van der Waals surface area contributed by atoms with Crippen molar-refractivity contribution >= 4 is 23.2 Å². The third-order valence-corrected chi connectivity index (χ3v) is 3.96. The van der Waals surface area contributed by atoms with Gasteiger partial charge in [-0.25, -0.2) is 0 Å². The van der Waals surface area contributed by atoms with E-state index in [4.69, 9.17) is 27.9 Å². The summed E-state index contributed by atoms with van der Waals surface area (Å²) in [4.78, 5) is 0. The Kier molecular flexibility index (Phi) is 5.14. The molecule has 2 aromatic rings. The van der Waals surface area contributed by atoms with Gasteiger partial charge in [0.2, 0.25) is 0 Å². The SMILES string of the molecule is CCc1nn(C)c(COc2ccc(Cl)cc2[C@H](C)O)c1Cl. The van der Waals surface area contributed by atoms with E-state index in [1.165, 1.54) is 0 Å². The van der Waals surface area contributed by atoms with E-state index in [-0.39, 0.29) is 6.61 Å². The molecule has 1 heterocycles. The summed E-state index contributed by atoms with van der Waals surface area (Å²) in [5.41, 5.74) is 2.31. The van der Waals surface area contributed by atoms with Gasteiger partial charge in [-0.3, -0.25) is 4.68 Å². The van der Waals surface area contributed by atoms with Crippen LogP contribution in [-0.4, -0.2) is 14.9 Å². The van der Waals surface area contributed by atoms with E-state index in [9.17, 15) is 5.11 Å². The summed E-state index contributed by atoms with van der Waals surface area (Å²) in [7, 11) is 1.83. The summed E-state index contributed by atoms with van der Waals surface area (Å²) in [5.74, 6) is 0.588. The molecule has 1 aromatic heterocycles. The Morgan fingerprint density at radius 2 is 2.10 bits per heavy atom. The normalized spacial score (nSPS) is 12.5. The molecule has 0 saturated carbocycles. The molecule has 0 radical (unpaired) electrons. The van der Waals surface area contributed by atoms with Crippen LogP contribution >= 0.6 is 23.2 Å². The number of aliphatic hydroxyl groups is 1. The number of hydrogen-bond donors (Lipinski definition) is 1. The van der Waals surface area contributed by atoms with Gasteiger partial charge in [0.05, 0.1) is 22.5 Å². The number of ether oxygens (including phenoxy) is 1. The number of nitrogens with zero attached hydrogens (tertiary/aromatic N) is 2. The van der Waals surface area contributed by atoms with Gasteiger partial charge in [-0.15, -0.1) is 0 Å². The van der Waals surface area contributed by atoms with E-state index >= 15 is 0 Å². The van der Waals surface area contributed by atoms with Crippen LogP contribution in [0.15, 0.2) is 18.2 Å². The molecule has 0 aliphatic carbocycles. The van der Waals surface area contributed by atoms with Crippen molar-refractivity contribution in [2.45, 2.75) is 33.0 Å². The number of aromatic nitrogens is 2. The van der Waals surface area contributed by atoms with Crippen LogP contribution in [0.2, 0.25) is 10.0 Å². The minimum Gasteiger partial charge on any atom is -0.487 e. The fourth-order valence-corrected chi connectivity index (χ4v) is 2.63. The van der Waals surface area contributed by atoms with Gasteiger partial charge >= 0.3 is 0 Å². The first-order valence-corrected chi connectivity index (χ1v) is 7.50. The van der Waals surface area contributed by atoms with Crippen LogP contribution in [0.4, 0.5) is 0 Å². The zero-order valence-corrected chi connectivity index (χ0v) is 13.7. The fourth-order valence-electron chi connectivity index (χ4n) is 2.10. The van der Waals surface area contributed by atoms with Crippen molar-refractivity contribution in [1.29, 1.82) is 0 Å². The Labute approximate surface area is 134 Å². The Bertz CT molecular complexity index is 639. The lowest BCUT2D eigenvalue weighted by Gasteiger charge is -2.14. The second-order valence-corrected chi connectivity index (χ2v) is 5.65.